The van der Waals surface area contributed by atoms with Gasteiger partial charge in [0.1, 0.15) is 0 Å². The maximum absolute atomic E-state index is 12.4. The van der Waals surface area contributed by atoms with Crippen LogP contribution in [0.4, 0.5) is 0 Å². The Labute approximate surface area is 188 Å². The van der Waals surface area contributed by atoms with Crippen LogP contribution in [0, 0.1) is 16.7 Å². The van der Waals surface area contributed by atoms with Crippen LogP contribution >= 0.6 is 0 Å². The molecule has 0 heterocycles. The fourth-order valence-electron chi connectivity index (χ4n) is 5.12. The fourth-order valence-corrected chi connectivity index (χ4v) is 5.12. The van der Waals surface area contributed by atoms with E-state index in [1.807, 2.05) is 19.1 Å². The molecule has 0 N–H and O–H groups in total. The fraction of sp³-hybridized carbons (Fsp3) is 0.517. The van der Waals surface area contributed by atoms with E-state index in [1.165, 1.54) is 48.8 Å². The molecule has 0 bridgehead atoms. The maximum atomic E-state index is 12.4. The van der Waals surface area contributed by atoms with Crippen LogP contribution in [0.25, 0.3) is 11.1 Å². The lowest BCUT2D eigenvalue weighted by molar-refractivity contribution is 0.0988. The summed E-state index contributed by atoms with van der Waals surface area (Å²) in [6.45, 7) is 4.17. The molecule has 0 unspecified atom stereocenters. The first-order chi connectivity index (χ1) is 15.1. The number of nitrogens with zero attached hydrogens (tertiary/aromatic N) is 1. The molecule has 0 saturated heterocycles. The molecule has 0 aromatic heterocycles. The van der Waals surface area contributed by atoms with Gasteiger partial charge in [0, 0.05) is 12.0 Å². The number of unbranched alkanes of at least 4 members (excludes halogenated alkanes) is 4. The number of carbonyl (C=O) groups is 1. The highest BCUT2D eigenvalue weighted by Crippen LogP contribution is 2.47. The van der Waals surface area contributed by atoms with Gasteiger partial charge in [0.2, 0.25) is 0 Å². The lowest BCUT2D eigenvalue weighted by Gasteiger charge is -2.36. The smallest absolute Gasteiger partial charge is 0.162 e. The zero-order valence-electron chi connectivity index (χ0n) is 19.3. The number of rotatable bonds is 10. The monoisotopic (exact) mass is 415 g/mol. The molecule has 0 aliphatic heterocycles. The lowest BCUT2D eigenvalue weighted by Crippen LogP contribution is -2.25. The summed E-state index contributed by atoms with van der Waals surface area (Å²) in [5.74, 6) is 0.622. The summed E-state index contributed by atoms with van der Waals surface area (Å²) < 4.78 is 0. The van der Waals surface area contributed by atoms with Crippen LogP contribution in [-0.4, -0.2) is 5.78 Å². The second kappa shape index (κ2) is 11.3. The van der Waals surface area contributed by atoms with Gasteiger partial charge < -0.3 is 0 Å². The molecule has 1 fully saturated rings. The van der Waals surface area contributed by atoms with Crippen LogP contribution in [-0.2, 0) is 0 Å². The van der Waals surface area contributed by atoms with E-state index in [1.54, 1.807) is 0 Å². The number of carbonyl (C=O) groups excluding carboxylic acids is 1. The zero-order valence-corrected chi connectivity index (χ0v) is 19.3. The van der Waals surface area contributed by atoms with Crippen molar-refractivity contribution < 1.29 is 4.79 Å². The summed E-state index contributed by atoms with van der Waals surface area (Å²) in [4.78, 5) is 12.4. The second-order valence-electron chi connectivity index (χ2n) is 9.28. The maximum Gasteiger partial charge on any atom is 0.162 e. The molecule has 2 heteroatoms. The first-order valence-corrected chi connectivity index (χ1v) is 12.3. The van der Waals surface area contributed by atoms with Gasteiger partial charge in [0.15, 0.2) is 5.78 Å². The van der Waals surface area contributed by atoms with Crippen molar-refractivity contribution in [1.82, 2.24) is 0 Å². The highest BCUT2D eigenvalue weighted by Gasteiger charge is 2.36. The van der Waals surface area contributed by atoms with Crippen LogP contribution in [0.3, 0.4) is 0 Å². The van der Waals surface area contributed by atoms with Crippen molar-refractivity contribution in [2.45, 2.75) is 90.4 Å². The van der Waals surface area contributed by atoms with Gasteiger partial charge in [-0.1, -0.05) is 88.4 Å². The number of hydrogen-bond acceptors (Lipinski definition) is 2. The Kier molecular flexibility index (Phi) is 8.47. The van der Waals surface area contributed by atoms with E-state index in [-0.39, 0.29) is 11.2 Å². The highest BCUT2D eigenvalue weighted by atomic mass is 16.1. The first kappa shape index (κ1) is 23.3. The third-order valence-corrected chi connectivity index (χ3v) is 7.16. The molecule has 164 valence electrons. The molecule has 0 amide bonds. The molecular formula is C29H37NO. The predicted octanol–water partition coefficient (Wildman–Crippen LogP) is 8.47. The van der Waals surface area contributed by atoms with E-state index in [4.69, 9.17) is 0 Å². The van der Waals surface area contributed by atoms with Crippen LogP contribution in [0.5, 0.6) is 0 Å². The molecule has 31 heavy (non-hydrogen) atoms. The second-order valence-corrected chi connectivity index (χ2v) is 9.28. The van der Waals surface area contributed by atoms with Crippen molar-refractivity contribution in [3.63, 3.8) is 0 Å². The summed E-state index contributed by atoms with van der Waals surface area (Å²) in [5, 5.41) is 9.99. The van der Waals surface area contributed by atoms with Crippen molar-refractivity contribution in [2.75, 3.05) is 0 Å². The van der Waals surface area contributed by atoms with Gasteiger partial charge in [-0.2, -0.15) is 5.26 Å². The van der Waals surface area contributed by atoms with Gasteiger partial charge in [-0.3, -0.25) is 4.79 Å². The Morgan fingerprint density at radius 1 is 1.00 bits per heavy atom. The van der Waals surface area contributed by atoms with Gasteiger partial charge in [-0.05, 0) is 60.8 Å². The van der Waals surface area contributed by atoms with E-state index < -0.39 is 0 Å². The number of ketones is 1. The number of benzene rings is 2. The topological polar surface area (TPSA) is 40.9 Å². The first-order valence-electron chi connectivity index (χ1n) is 12.3. The van der Waals surface area contributed by atoms with Crippen molar-refractivity contribution in [3.8, 4) is 17.2 Å². The molecule has 2 aromatic carbocycles. The van der Waals surface area contributed by atoms with E-state index in [0.717, 1.165) is 37.7 Å². The number of hydrogen-bond donors (Lipinski definition) is 0. The van der Waals surface area contributed by atoms with Crippen molar-refractivity contribution >= 4 is 5.78 Å². The molecule has 2 nitrogen and oxygen atoms in total. The Hall–Kier alpha value is -2.40. The zero-order chi connectivity index (χ0) is 22.1. The third-order valence-electron chi connectivity index (χ3n) is 7.16. The average molecular weight is 416 g/mol. The summed E-state index contributed by atoms with van der Waals surface area (Å²) >= 11 is 0. The molecular weight excluding hydrogens is 378 g/mol. The van der Waals surface area contributed by atoms with Gasteiger partial charge in [0.05, 0.1) is 11.5 Å². The Balaban J connectivity index is 1.78. The summed E-state index contributed by atoms with van der Waals surface area (Å²) in [5.41, 5.74) is 4.42. The van der Waals surface area contributed by atoms with E-state index in [0.29, 0.717) is 12.3 Å². The van der Waals surface area contributed by atoms with E-state index in [9.17, 15) is 10.1 Å². The third kappa shape index (κ3) is 5.85. The Morgan fingerprint density at radius 2 is 1.71 bits per heavy atom. The minimum atomic E-state index is -0.146. The predicted molar refractivity (Wildman–Crippen MR) is 129 cm³/mol. The number of nitriles is 1. The summed E-state index contributed by atoms with van der Waals surface area (Å²) in [6, 6.07) is 19.5. The minimum Gasteiger partial charge on any atom is -0.294 e. The largest absolute Gasteiger partial charge is 0.294 e. The van der Waals surface area contributed by atoms with Gasteiger partial charge in [0.25, 0.3) is 0 Å². The Morgan fingerprint density at radius 3 is 2.35 bits per heavy atom. The lowest BCUT2D eigenvalue weighted by atomic mass is 9.66. The molecule has 0 radical (unpaired) electrons. The molecule has 3 rings (SSSR count). The van der Waals surface area contributed by atoms with Crippen LogP contribution in [0.1, 0.15) is 106 Å². The summed E-state index contributed by atoms with van der Waals surface area (Å²) in [7, 11) is 0. The van der Waals surface area contributed by atoms with Crippen LogP contribution in [0.15, 0.2) is 48.5 Å². The molecule has 1 saturated carbocycles. The average Bonchev–Trinajstić information content (AvgIpc) is 2.84. The molecule has 0 spiro atoms. The molecule has 0 atom stereocenters. The molecule has 2 aromatic rings. The van der Waals surface area contributed by atoms with Crippen LogP contribution < -0.4 is 0 Å². The molecule has 1 aliphatic rings. The Bertz CT molecular complexity index is 885. The standard InChI is InChI=1S/C29H37NO/c1-3-5-6-7-11-18-29(22-30)19-16-24(17-20-29)27-21-25(28(31)4-2)14-15-26(27)23-12-9-8-10-13-23/h8-10,12-15,21,24H,3-7,11,16-20H2,1-2H3. The van der Waals surface area contributed by atoms with Crippen LogP contribution in [0.2, 0.25) is 0 Å². The quantitative estimate of drug-likeness (QED) is 0.288. The summed E-state index contributed by atoms with van der Waals surface area (Å²) in [6.07, 6.45) is 11.9. The SMILES string of the molecule is CCCCCCCC1(C#N)CCC(c2cc(C(=O)CC)ccc2-c2ccccc2)CC1. The highest BCUT2D eigenvalue weighted by molar-refractivity contribution is 5.96. The normalized spacial score (nSPS) is 20.9. The van der Waals surface area contributed by atoms with Gasteiger partial charge >= 0.3 is 0 Å². The van der Waals surface area contributed by atoms with Gasteiger partial charge in [-0.15, -0.1) is 0 Å². The van der Waals surface area contributed by atoms with Gasteiger partial charge in [-0.25, -0.2) is 0 Å². The molecule has 1 aliphatic carbocycles. The van der Waals surface area contributed by atoms with E-state index in [2.05, 4.69) is 49.4 Å². The van der Waals surface area contributed by atoms with E-state index >= 15 is 0 Å². The van der Waals surface area contributed by atoms with Crippen molar-refractivity contribution in [1.29, 1.82) is 5.26 Å². The number of Topliss-reactive ketones (excluding diaryl/α,β-unsaturated/α-hetero) is 1. The minimum absolute atomic E-state index is 0.146. The van der Waals surface area contributed by atoms with Crippen molar-refractivity contribution in [2.24, 2.45) is 5.41 Å². The van der Waals surface area contributed by atoms with Crippen molar-refractivity contribution in [3.05, 3.63) is 59.7 Å².